The minimum Gasteiger partial charge on any atom is -0.497 e. The van der Waals surface area contributed by atoms with E-state index in [9.17, 15) is 18.0 Å². The predicted octanol–water partition coefficient (Wildman–Crippen LogP) is 2.73. The Morgan fingerprint density at radius 3 is 2.22 bits per heavy atom. The lowest BCUT2D eigenvalue weighted by Gasteiger charge is -2.10. The fourth-order valence-electron chi connectivity index (χ4n) is 1.32. The lowest BCUT2D eigenvalue weighted by Crippen LogP contribution is -2.20. The van der Waals surface area contributed by atoms with Gasteiger partial charge in [-0.3, -0.25) is 4.79 Å². The Balaban J connectivity index is 3.09. The van der Waals surface area contributed by atoms with Gasteiger partial charge in [0.25, 0.3) is 0 Å². The topological polar surface area (TPSA) is 38.3 Å². The smallest absolute Gasteiger partial charge is 0.411 e. The lowest BCUT2D eigenvalue weighted by atomic mass is 10.1. The van der Waals surface area contributed by atoms with Gasteiger partial charge in [0.05, 0.1) is 12.8 Å². The van der Waals surface area contributed by atoms with Gasteiger partial charge in [0, 0.05) is 13.0 Å². The molecule has 3 nitrogen and oxygen atoms in total. The summed E-state index contributed by atoms with van der Waals surface area (Å²) in [6, 6.07) is 5.90. The summed E-state index contributed by atoms with van der Waals surface area (Å²) in [5.41, 5.74) is -0.0408. The summed E-state index contributed by atoms with van der Waals surface area (Å²) in [7, 11) is 1.45. The van der Waals surface area contributed by atoms with Gasteiger partial charge >= 0.3 is 6.18 Å². The molecule has 0 saturated heterocycles. The molecular weight excluding hydrogens is 247 g/mol. The largest absolute Gasteiger partial charge is 0.497 e. The molecule has 0 radical (unpaired) electrons. The van der Waals surface area contributed by atoms with Crippen molar-refractivity contribution < 1.29 is 22.7 Å². The zero-order chi connectivity index (χ0) is 13.8. The van der Waals surface area contributed by atoms with E-state index in [1.807, 2.05) is 0 Å². The fraction of sp³-hybridized carbons (Fsp3) is 0.250. The van der Waals surface area contributed by atoms with Gasteiger partial charge in [0.2, 0.25) is 5.91 Å². The monoisotopic (exact) mass is 259 g/mol. The van der Waals surface area contributed by atoms with Crippen LogP contribution in [0.25, 0.3) is 5.70 Å². The van der Waals surface area contributed by atoms with Crippen molar-refractivity contribution in [3.8, 4) is 5.75 Å². The van der Waals surface area contributed by atoms with E-state index in [0.29, 0.717) is 5.75 Å². The summed E-state index contributed by atoms with van der Waals surface area (Å²) in [6.07, 6.45) is -4.45. The number of hydrogen-bond donors (Lipinski definition) is 1. The average molecular weight is 259 g/mol. The second-order valence-corrected chi connectivity index (χ2v) is 3.51. The number of alkyl halides is 3. The van der Waals surface area contributed by atoms with Crippen LogP contribution in [0.15, 0.2) is 30.3 Å². The molecule has 0 unspecified atom stereocenters. The van der Waals surface area contributed by atoms with E-state index < -0.39 is 12.1 Å². The maximum atomic E-state index is 12.3. The van der Waals surface area contributed by atoms with Crippen LogP contribution in [0.4, 0.5) is 13.2 Å². The molecule has 98 valence electrons. The van der Waals surface area contributed by atoms with Crippen molar-refractivity contribution in [1.29, 1.82) is 0 Å². The van der Waals surface area contributed by atoms with Crippen LogP contribution in [0, 0.1) is 0 Å². The number of carbonyl (C=O) groups is 1. The number of amides is 1. The van der Waals surface area contributed by atoms with Gasteiger partial charge in [0.15, 0.2) is 0 Å². The van der Waals surface area contributed by atoms with Crippen molar-refractivity contribution in [2.24, 2.45) is 0 Å². The Bertz CT molecular complexity index is 449. The van der Waals surface area contributed by atoms with Crippen molar-refractivity contribution in [3.05, 3.63) is 35.9 Å². The highest BCUT2D eigenvalue weighted by atomic mass is 19.4. The van der Waals surface area contributed by atoms with Crippen LogP contribution >= 0.6 is 0 Å². The molecule has 1 aromatic rings. The molecule has 1 aromatic carbocycles. The number of allylic oxidation sites excluding steroid dienone is 1. The van der Waals surface area contributed by atoms with Crippen molar-refractivity contribution in [2.75, 3.05) is 7.11 Å². The third-order valence-electron chi connectivity index (χ3n) is 2.02. The molecule has 0 fully saturated rings. The summed E-state index contributed by atoms with van der Waals surface area (Å²) in [5, 5.41) is 2.15. The molecule has 18 heavy (non-hydrogen) atoms. The molecule has 1 rings (SSSR count). The molecule has 0 spiro atoms. The number of hydrogen-bond acceptors (Lipinski definition) is 2. The number of nitrogens with one attached hydrogen (secondary N) is 1. The van der Waals surface area contributed by atoms with Crippen LogP contribution in [-0.4, -0.2) is 19.2 Å². The van der Waals surface area contributed by atoms with Crippen LogP contribution in [0.3, 0.4) is 0 Å². The Hall–Kier alpha value is -1.98. The van der Waals surface area contributed by atoms with E-state index in [0.717, 1.165) is 6.92 Å². The van der Waals surface area contributed by atoms with E-state index in [2.05, 4.69) is 5.32 Å². The van der Waals surface area contributed by atoms with Crippen molar-refractivity contribution >= 4 is 11.6 Å². The molecule has 0 aliphatic rings. The summed E-state index contributed by atoms with van der Waals surface area (Å²) in [5.74, 6) is -0.0470. The number of carbonyl (C=O) groups excluding carboxylic acids is 1. The van der Waals surface area contributed by atoms with Gasteiger partial charge in [-0.15, -0.1) is 0 Å². The Morgan fingerprint density at radius 2 is 1.83 bits per heavy atom. The van der Waals surface area contributed by atoms with E-state index in [1.165, 1.54) is 31.4 Å². The van der Waals surface area contributed by atoms with Crippen LogP contribution in [0.5, 0.6) is 5.75 Å². The highest BCUT2D eigenvalue weighted by molar-refractivity contribution is 5.85. The van der Waals surface area contributed by atoms with Gasteiger partial charge in [-0.2, -0.15) is 13.2 Å². The minimum atomic E-state index is -4.50. The maximum absolute atomic E-state index is 12.3. The molecule has 0 heterocycles. The van der Waals surface area contributed by atoms with Gasteiger partial charge in [-0.1, -0.05) is 0 Å². The van der Waals surface area contributed by atoms with E-state index in [-0.39, 0.29) is 17.3 Å². The number of rotatable bonds is 3. The molecule has 0 aliphatic carbocycles. The van der Waals surface area contributed by atoms with Crippen LogP contribution < -0.4 is 10.1 Å². The molecule has 6 heteroatoms. The standard InChI is InChI=1S/C12H12F3NO2/c1-8(17)16-11(7-12(13,14)15)9-3-5-10(18-2)6-4-9/h3-7H,1-2H3,(H,16,17)/b11-7+. The number of benzene rings is 1. The summed E-state index contributed by atoms with van der Waals surface area (Å²) < 4.78 is 41.9. The summed E-state index contributed by atoms with van der Waals surface area (Å²) >= 11 is 0. The number of halogens is 3. The normalized spacial score (nSPS) is 12.2. The van der Waals surface area contributed by atoms with Gasteiger partial charge in [-0.05, 0) is 29.8 Å². The van der Waals surface area contributed by atoms with Crippen LogP contribution in [-0.2, 0) is 4.79 Å². The molecule has 1 N–H and O–H groups in total. The highest BCUT2D eigenvalue weighted by Crippen LogP contribution is 2.23. The van der Waals surface area contributed by atoms with Crippen molar-refractivity contribution in [2.45, 2.75) is 13.1 Å². The lowest BCUT2D eigenvalue weighted by molar-refractivity contribution is -0.117. The SMILES string of the molecule is COc1ccc(/C(=C\C(F)(F)F)NC(C)=O)cc1. The quantitative estimate of drug-likeness (QED) is 0.906. The summed E-state index contributed by atoms with van der Waals surface area (Å²) in [6.45, 7) is 1.15. The molecule has 1 amide bonds. The second-order valence-electron chi connectivity index (χ2n) is 3.51. The zero-order valence-electron chi connectivity index (χ0n) is 9.84. The van der Waals surface area contributed by atoms with E-state index in [1.54, 1.807) is 0 Å². The number of ether oxygens (including phenoxy) is 1. The van der Waals surface area contributed by atoms with E-state index >= 15 is 0 Å². The third-order valence-corrected chi connectivity index (χ3v) is 2.02. The fourth-order valence-corrected chi connectivity index (χ4v) is 1.32. The molecule has 0 bridgehead atoms. The first-order valence-corrected chi connectivity index (χ1v) is 5.03. The number of methoxy groups -OCH3 is 1. The van der Waals surface area contributed by atoms with Crippen LogP contribution in [0.2, 0.25) is 0 Å². The first-order chi connectivity index (χ1) is 8.31. The van der Waals surface area contributed by atoms with Gasteiger partial charge in [0.1, 0.15) is 5.75 Å². The van der Waals surface area contributed by atoms with Crippen molar-refractivity contribution in [3.63, 3.8) is 0 Å². The molecule has 0 atom stereocenters. The second kappa shape index (κ2) is 5.57. The van der Waals surface area contributed by atoms with Gasteiger partial charge in [-0.25, -0.2) is 0 Å². The van der Waals surface area contributed by atoms with Gasteiger partial charge < -0.3 is 10.1 Å². The average Bonchev–Trinajstić information content (AvgIpc) is 2.26. The maximum Gasteiger partial charge on any atom is 0.411 e. The zero-order valence-corrected chi connectivity index (χ0v) is 9.84. The van der Waals surface area contributed by atoms with Crippen LogP contribution in [0.1, 0.15) is 12.5 Å². The molecular formula is C12H12F3NO2. The molecule has 0 aliphatic heterocycles. The third kappa shape index (κ3) is 4.48. The highest BCUT2D eigenvalue weighted by Gasteiger charge is 2.25. The Morgan fingerprint density at radius 1 is 1.28 bits per heavy atom. The Labute approximate surface area is 102 Å². The first-order valence-electron chi connectivity index (χ1n) is 5.03. The molecule has 0 saturated carbocycles. The predicted molar refractivity (Wildman–Crippen MR) is 60.8 cm³/mol. The minimum absolute atomic E-state index is 0.0518. The Kier molecular flexibility index (Phi) is 4.36. The first kappa shape index (κ1) is 14.1. The van der Waals surface area contributed by atoms with Crippen molar-refractivity contribution in [1.82, 2.24) is 5.32 Å². The van der Waals surface area contributed by atoms with E-state index in [4.69, 9.17) is 4.74 Å². The summed E-state index contributed by atoms with van der Waals surface area (Å²) in [4.78, 5) is 10.9. The molecule has 0 aromatic heterocycles.